The Kier molecular flexibility index (Phi) is 6.92. The van der Waals surface area contributed by atoms with Gasteiger partial charge in [0.1, 0.15) is 0 Å². The molecule has 2 aromatic carbocycles. The maximum absolute atomic E-state index is 12.5. The fourth-order valence-corrected chi connectivity index (χ4v) is 2.69. The van der Waals surface area contributed by atoms with Gasteiger partial charge >= 0.3 is 0 Å². The molecule has 2 aromatic rings. The first kappa shape index (κ1) is 19.3. The molecule has 23 heavy (non-hydrogen) atoms. The first-order valence-electron chi connectivity index (χ1n) is 7.29. The predicted octanol–water partition coefficient (Wildman–Crippen LogP) is 3.98. The Labute approximate surface area is 148 Å². The number of hydrogen-bond donors (Lipinski definition) is 2. The van der Waals surface area contributed by atoms with Crippen molar-refractivity contribution in [2.24, 2.45) is 0 Å². The zero-order chi connectivity index (χ0) is 16.2. The highest BCUT2D eigenvalue weighted by molar-refractivity contribution is 6.31. The molecule has 0 aliphatic heterocycles. The van der Waals surface area contributed by atoms with Gasteiger partial charge in [-0.05, 0) is 49.6 Å². The number of amides is 1. The minimum Gasteiger partial charge on any atom is -0.399 e. The molecule has 0 spiro atoms. The average Bonchev–Trinajstić information content (AvgIpc) is 2.49. The Bertz CT molecular complexity index is 654. The lowest BCUT2D eigenvalue weighted by molar-refractivity contribution is -0.125. The largest absolute Gasteiger partial charge is 0.399 e. The third kappa shape index (κ3) is 4.88. The molecule has 2 rings (SSSR count). The SMILES string of the molecule is CC(C)(C(=O)NCCc1ccc(N)cc1)c1ccccc1Cl.Cl. The number of nitrogen functional groups attached to an aromatic ring is 1. The highest BCUT2D eigenvalue weighted by atomic mass is 35.5. The molecule has 0 heterocycles. The first-order chi connectivity index (χ1) is 10.4. The van der Waals surface area contributed by atoms with Gasteiger partial charge in [0.2, 0.25) is 5.91 Å². The summed E-state index contributed by atoms with van der Waals surface area (Å²) in [4.78, 5) is 12.5. The van der Waals surface area contributed by atoms with E-state index in [0.717, 1.165) is 23.2 Å². The van der Waals surface area contributed by atoms with E-state index in [2.05, 4.69) is 5.32 Å². The van der Waals surface area contributed by atoms with Crippen molar-refractivity contribution < 1.29 is 4.79 Å². The molecule has 0 atom stereocenters. The summed E-state index contributed by atoms with van der Waals surface area (Å²) in [6.07, 6.45) is 0.768. The van der Waals surface area contributed by atoms with Gasteiger partial charge in [-0.1, -0.05) is 41.9 Å². The van der Waals surface area contributed by atoms with Crippen LogP contribution in [-0.4, -0.2) is 12.5 Å². The number of carbonyl (C=O) groups excluding carboxylic acids is 1. The van der Waals surface area contributed by atoms with Crippen LogP contribution >= 0.6 is 24.0 Å². The maximum Gasteiger partial charge on any atom is 0.230 e. The van der Waals surface area contributed by atoms with Crippen molar-refractivity contribution in [1.82, 2.24) is 5.32 Å². The Hall–Kier alpha value is -1.71. The summed E-state index contributed by atoms with van der Waals surface area (Å²) in [5, 5.41) is 3.60. The van der Waals surface area contributed by atoms with Crippen molar-refractivity contribution in [3.63, 3.8) is 0 Å². The van der Waals surface area contributed by atoms with Crippen molar-refractivity contribution in [3.05, 3.63) is 64.7 Å². The highest BCUT2D eigenvalue weighted by Crippen LogP contribution is 2.29. The number of nitrogens with two attached hydrogens (primary N) is 1. The molecular formula is C18H22Cl2N2O. The number of hydrogen-bond acceptors (Lipinski definition) is 2. The van der Waals surface area contributed by atoms with Crippen LogP contribution in [0.3, 0.4) is 0 Å². The number of halogens is 2. The Morgan fingerprint density at radius 2 is 1.74 bits per heavy atom. The second-order valence-electron chi connectivity index (χ2n) is 5.85. The van der Waals surface area contributed by atoms with Crippen LogP contribution in [0.1, 0.15) is 25.0 Å². The van der Waals surface area contributed by atoms with Gasteiger partial charge in [-0.15, -0.1) is 12.4 Å². The van der Waals surface area contributed by atoms with Gasteiger partial charge < -0.3 is 11.1 Å². The summed E-state index contributed by atoms with van der Waals surface area (Å²) in [6.45, 7) is 4.34. The zero-order valence-corrected chi connectivity index (χ0v) is 14.9. The summed E-state index contributed by atoms with van der Waals surface area (Å²) in [6, 6.07) is 15.1. The third-order valence-electron chi connectivity index (χ3n) is 3.79. The first-order valence-corrected chi connectivity index (χ1v) is 7.67. The molecule has 0 saturated heterocycles. The lowest BCUT2D eigenvalue weighted by atomic mass is 9.83. The Balaban J connectivity index is 0.00000264. The Morgan fingerprint density at radius 1 is 1.13 bits per heavy atom. The zero-order valence-electron chi connectivity index (χ0n) is 13.3. The van der Waals surface area contributed by atoms with Crippen LogP contribution < -0.4 is 11.1 Å². The van der Waals surface area contributed by atoms with E-state index in [1.165, 1.54) is 0 Å². The summed E-state index contributed by atoms with van der Waals surface area (Å²) in [7, 11) is 0. The van der Waals surface area contributed by atoms with Crippen molar-refractivity contribution >= 4 is 35.6 Å². The smallest absolute Gasteiger partial charge is 0.230 e. The van der Waals surface area contributed by atoms with E-state index in [-0.39, 0.29) is 18.3 Å². The predicted molar refractivity (Wildman–Crippen MR) is 99.3 cm³/mol. The van der Waals surface area contributed by atoms with Crippen molar-refractivity contribution in [2.75, 3.05) is 12.3 Å². The molecule has 0 radical (unpaired) electrons. The molecule has 5 heteroatoms. The summed E-state index contributed by atoms with van der Waals surface area (Å²) in [5.74, 6) is -0.0314. The molecule has 1 amide bonds. The van der Waals surface area contributed by atoms with Gasteiger partial charge in [0.15, 0.2) is 0 Å². The minimum absolute atomic E-state index is 0. The van der Waals surface area contributed by atoms with E-state index in [1.807, 2.05) is 56.3 Å². The van der Waals surface area contributed by atoms with Crippen LogP contribution in [0.4, 0.5) is 5.69 Å². The van der Waals surface area contributed by atoms with Crippen LogP contribution in [0, 0.1) is 0 Å². The highest BCUT2D eigenvalue weighted by Gasteiger charge is 2.31. The second-order valence-corrected chi connectivity index (χ2v) is 6.26. The van der Waals surface area contributed by atoms with E-state index < -0.39 is 5.41 Å². The molecule has 0 fully saturated rings. The van der Waals surface area contributed by atoms with E-state index >= 15 is 0 Å². The molecule has 0 bridgehead atoms. The monoisotopic (exact) mass is 352 g/mol. The van der Waals surface area contributed by atoms with E-state index in [1.54, 1.807) is 6.07 Å². The lowest BCUT2D eigenvalue weighted by Gasteiger charge is -2.25. The molecular weight excluding hydrogens is 331 g/mol. The molecule has 0 unspecified atom stereocenters. The van der Waals surface area contributed by atoms with Gasteiger partial charge in [-0.25, -0.2) is 0 Å². The number of nitrogens with one attached hydrogen (secondary N) is 1. The molecule has 124 valence electrons. The van der Waals surface area contributed by atoms with Crippen molar-refractivity contribution in [1.29, 1.82) is 0 Å². The fourth-order valence-electron chi connectivity index (χ4n) is 2.32. The van der Waals surface area contributed by atoms with Gasteiger partial charge in [0, 0.05) is 17.3 Å². The molecule has 0 saturated carbocycles. The van der Waals surface area contributed by atoms with Gasteiger partial charge in [0.25, 0.3) is 0 Å². The van der Waals surface area contributed by atoms with Gasteiger partial charge in [-0.3, -0.25) is 4.79 Å². The Morgan fingerprint density at radius 3 is 2.35 bits per heavy atom. The normalized spacial score (nSPS) is 10.7. The second kappa shape index (κ2) is 8.23. The van der Waals surface area contributed by atoms with Crippen LogP contribution in [0.5, 0.6) is 0 Å². The molecule has 3 nitrogen and oxygen atoms in total. The van der Waals surface area contributed by atoms with E-state index in [9.17, 15) is 4.79 Å². The minimum atomic E-state index is -0.667. The van der Waals surface area contributed by atoms with Crippen LogP contribution in [0.25, 0.3) is 0 Å². The summed E-state index contributed by atoms with van der Waals surface area (Å²) in [5.41, 5.74) is 7.71. The van der Waals surface area contributed by atoms with Gasteiger partial charge in [0.05, 0.1) is 5.41 Å². The number of carbonyl (C=O) groups is 1. The third-order valence-corrected chi connectivity index (χ3v) is 4.12. The van der Waals surface area contributed by atoms with Crippen molar-refractivity contribution in [3.8, 4) is 0 Å². The summed E-state index contributed by atoms with van der Waals surface area (Å²) < 4.78 is 0. The van der Waals surface area contributed by atoms with Crippen molar-refractivity contribution in [2.45, 2.75) is 25.7 Å². The topological polar surface area (TPSA) is 55.1 Å². The molecule has 3 N–H and O–H groups in total. The standard InChI is InChI=1S/C18H21ClN2O.ClH/c1-18(2,15-5-3-4-6-16(15)19)17(22)21-12-11-13-7-9-14(20)10-8-13;/h3-10H,11-12,20H2,1-2H3,(H,21,22);1H. The number of rotatable bonds is 5. The molecule has 0 aliphatic carbocycles. The van der Waals surface area contributed by atoms with Gasteiger partial charge in [-0.2, -0.15) is 0 Å². The summed E-state index contributed by atoms with van der Waals surface area (Å²) >= 11 is 6.21. The number of anilines is 1. The number of benzene rings is 2. The van der Waals surface area contributed by atoms with Crippen LogP contribution in [-0.2, 0) is 16.6 Å². The molecule has 0 aliphatic rings. The van der Waals surface area contributed by atoms with Crippen LogP contribution in [0.15, 0.2) is 48.5 Å². The van der Waals surface area contributed by atoms with E-state index in [0.29, 0.717) is 11.6 Å². The van der Waals surface area contributed by atoms with E-state index in [4.69, 9.17) is 17.3 Å². The van der Waals surface area contributed by atoms with Crippen LogP contribution in [0.2, 0.25) is 5.02 Å². The fraction of sp³-hybridized carbons (Fsp3) is 0.278. The molecule has 0 aromatic heterocycles. The quantitative estimate of drug-likeness (QED) is 0.799. The maximum atomic E-state index is 12.5. The average molecular weight is 353 g/mol. The lowest BCUT2D eigenvalue weighted by Crippen LogP contribution is -2.41.